The molecule has 0 fully saturated rings. The molecule has 0 N–H and O–H groups in total. The zero-order valence-corrected chi connectivity index (χ0v) is 11.3. The summed E-state index contributed by atoms with van der Waals surface area (Å²) < 4.78 is 0. The van der Waals surface area contributed by atoms with E-state index in [1.807, 2.05) is 47.4 Å². The molecule has 2 heteroatoms. The molecule has 3 rings (SSSR count). The van der Waals surface area contributed by atoms with Crippen LogP contribution in [0.15, 0.2) is 72.8 Å². The Hall–Kier alpha value is -2.35. The van der Waals surface area contributed by atoms with Crippen molar-refractivity contribution in [1.29, 1.82) is 0 Å². The van der Waals surface area contributed by atoms with Gasteiger partial charge in [0.25, 0.3) is 0 Å². The van der Waals surface area contributed by atoms with E-state index in [9.17, 15) is 4.79 Å². The Kier molecular flexibility index (Phi) is 3.64. The van der Waals surface area contributed by atoms with Gasteiger partial charge in [0.15, 0.2) is 0 Å². The lowest BCUT2D eigenvalue weighted by Gasteiger charge is -2.33. The number of benzene rings is 2. The number of hydrogen-bond donors (Lipinski definition) is 0. The van der Waals surface area contributed by atoms with E-state index in [-0.39, 0.29) is 11.9 Å². The highest BCUT2D eigenvalue weighted by atomic mass is 16.2. The van der Waals surface area contributed by atoms with Crippen molar-refractivity contribution in [3.8, 4) is 0 Å². The molecule has 0 unspecified atom stereocenters. The Morgan fingerprint density at radius 3 is 2.30 bits per heavy atom. The van der Waals surface area contributed by atoms with Gasteiger partial charge in [0, 0.05) is 13.0 Å². The average Bonchev–Trinajstić information content (AvgIpc) is 2.51. The maximum absolute atomic E-state index is 12.3. The molecule has 0 aliphatic carbocycles. The summed E-state index contributed by atoms with van der Waals surface area (Å²) in [6, 6.07) is 20.4. The van der Waals surface area contributed by atoms with Gasteiger partial charge < -0.3 is 4.90 Å². The average molecular weight is 263 g/mol. The molecule has 2 nitrogen and oxygen atoms in total. The minimum atomic E-state index is 0.0395. The van der Waals surface area contributed by atoms with Crippen molar-refractivity contribution in [1.82, 2.24) is 4.90 Å². The lowest BCUT2D eigenvalue weighted by Crippen LogP contribution is -2.35. The molecule has 2 aromatic carbocycles. The highest BCUT2D eigenvalue weighted by Crippen LogP contribution is 2.28. The van der Waals surface area contributed by atoms with Crippen LogP contribution in [0.25, 0.3) is 0 Å². The summed E-state index contributed by atoms with van der Waals surface area (Å²) in [4.78, 5) is 14.2. The SMILES string of the molecule is O=C1CC=C[C@@H](c2ccccc2)N1Cc1ccccc1. The highest BCUT2D eigenvalue weighted by molar-refractivity contribution is 5.79. The molecule has 1 heterocycles. The topological polar surface area (TPSA) is 20.3 Å². The van der Waals surface area contributed by atoms with Crippen LogP contribution in [0.1, 0.15) is 23.6 Å². The van der Waals surface area contributed by atoms with E-state index in [2.05, 4.69) is 30.3 Å². The first-order chi connectivity index (χ1) is 9.84. The van der Waals surface area contributed by atoms with Crippen LogP contribution in [0.3, 0.4) is 0 Å². The van der Waals surface area contributed by atoms with Crippen molar-refractivity contribution >= 4 is 5.91 Å². The summed E-state index contributed by atoms with van der Waals surface area (Å²) >= 11 is 0. The molecule has 0 saturated carbocycles. The van der Waals surface area contributed by atoms with Gasteiger partial charge >= 0.3 is 0 Å². The molecular weight excluding hydrogens is 246 g/mol. The van der Waals surface area contributed by atoms with Gasteiger partial charge in [-0.05, 0) is 11.1 Å². The van der Waals surface area contributed by atoms with Gasteiger partial charge in [-0.3, -0.25) is 4.79 Å². The van der Waals surface area contributed by atoms with Crippen LogP contribution in [0, 0.1) is 0 Å². The van der Waals surface area contributed by atoms with Crippen molar-refractivity contribution < 1.29 is 4.79 Å². The monoisotopic (exact) mass is 263 g/mol. The van der Waals surface area contributed by atoms with Crippen LogP contribution < -0.4 is 0 Å². The fourth-order valence-corrected chi connectivity index (χ4v) is 2.58. The third kappa shape index (κ3) is 2.64. The highest BCUT2D eigenvalue weighted by Gasteiger charge is 2.25. The Balaban J connectivity index is 1.89. The number of amides is 1. The van der Waals surface area contributed by atoms with Crippen molar-refractivity contribution in [2.24, 2.45) is 0 Å². The van der Waals surface area contributed by atoms with Gasteiger partial charge in [-0.1, -0.05) is 72.8 Å². The first kappa shape index (κ1) is 12.7. The van der Waals surface area contributed by atoms with Gasteiger partial charge in [0.2, 0.25) is 5.91 Å². The summed E-state index contributed by atoms with van der Waals surface area (Å²) in [5.41, 5.74) is 2.32. The van der Waals surface area contributed by atoms with Crippen LogP contribution >= 0.6 is 0 Å². The Bertz CT molecular complexity index is 604. The molecule has 1 atom stereocenters. The molecule has 0 aromatic heterocycles. The molecule has 1 aliphatic heterocycles. The second-order valence-electron chi connectivity index (χ2n) is 5.00. The van der Waals surface area contributed by atoms with Crippen LogP contribution in [0.2, 0.25) is 0 Å². The zero-order valence-electron chi connectivity index (χ0n) is 11.3. The second kappa shape index (κ2) is 5.74. The maximum Gasteiger partial charge on any atom is 0.227 e. The minimum Gasteiger partial charge on any atom is -0.328 e. The third-order valence-electron chi connectivity index (χ3n) is 3.60. The fourth-order valence-electron chi connectivity index (χ4n) is 2.58. The van der Waals surface area contributed by atoms with Crippen LogP contribution in [-0.4, -0.2) is 10.8 Å². The normalized spacial score (nSPS) is 18.3. The van der Waals surface area contributed by atoms with E-state index in [4.69, 9.17) is 0 Å². The van der Waals surface area contributed by atoms with Gasteiger partial charge in [-0.15, -0.1) is 0 Å². The van der Waals surface area contributed by atoms with Gasteiger partial charge in [0.05, 0.1) is 6.04 Å². The predicted molar refractivity (Wildman–Crippen MR) is 79.9 cm³/mol. The lowest BCUT2D eigenvalue weighted by molar-refractivity contribution is -0.133. The van der Waals surface area contributed by atoms with Crippen molar-refractivity contribution in [3.05, 3.63) is 83.9 Å². The summed E-state index contributed by atoms with van der Waals surface area (Å²) in [5, 5.41) is 0. The largest absolute Gasteiger partial charge is 0.328 e. The Morgan fingerprint density at radius 2 is 1.60 bits per heavy atom. The number of nitrogens with zero attached hydrogens (tertiary/aromatic N) is 1. The summed E-state index contributed by atoms with van der Waals surface area (Å²) in [6.45, 7) is 0.656. The van der Waals surface area contributed by atoms with E-state index in [1.165, 1.54) is 0 Å². The molecule has 1 amide bonds. The standard InChI is InChI=1S/C18H17NO/c20-18-13-7-12-17(16-10-5-2-6-11-16)19(18)14-15-8-3-1-4-9-15/h1-12,17H,13-14H2/t17-/m0/s1. The molecule has 1 aliphatic rings. The third-order valence-corrected chi connectivity index (χ3v) is 3.60. The van der Waals surface area contributed by atoms with Crippen molar-refractivity contribution in [2.45, 2.75) is 19.0 Å². The van der Waals surface area contributed by atoms with E-state index in [1.54, 1.807) is 0 Å². The molecule has 0 radical (unpaired) electrons. The number of carbonyl (C=O) groups excluding carboxylic acids is 1. The minimum absolute atomic E-state index is 0.0395. The summed E-state index contributed by atoms with van der Waals surface area (Å²) in [7, 11) is 0. The number of carbonyl (C=O) groups is 1. The maximum atomic E-state index is 12.3. The summed E-state index contributed by atoms with van der Waals surface area (Å²) in [5.74, 6) is 0.185. The van der Waals surface area contributed by atoms with Gasteiger partial charge in [-0.25, -0.2) is 0 Å². The molecule has 2 aromatic rings. The Labute approximate surface area is 119 Å². The van der Waals surface area contributed by atoms with E-state index < -0.39 is 0 Å². The molecule has 0 bridgehead atoms. The first-order valence-electron chi connectivity index (χ1n) is 6.89. The van der Waals surface area contributed by atoms with E-state index >= 15 is 0 Å². The van der Waals surface area contributed by atoms with E-state index in [0.717, 1.165) is 11.1 Å². The number of hydrogen-bond acceptors (Lipinski definition) is 1. The fraction of sp³-hybridized carbons (Fsp3) is 0.167. The van der Waals surface area contributed by atoms with Crippen molar-refractivity contribution in [2.75, 3.05) is 0 Å². The predicted octanol–water partition coefficient (Wildman–Crippen LogP) is 3.72. The number of rotatable bonds is 3. The molecular formula is C18H17NO. The smallest absolute Gasteiger partial charge is 0.227 e. The summed E-state index contributed by atoms with van der Waals surface area (Å²) in [6.07, 6.45) is 4.59. The van der Waals surface area contributed by atoms with Crippen LogP contribution in [0.4, 0.5) is 0 Å². The van der Waals surface area contributed by atoms with E-state index in [0.29, 0.717) is 13.0 Å². The van der Waals surface area contributed by atoms with Crippen molar-refractivity contribution in [3.63, 3.8) is 0 Å². The molecule has 0 saturated heterocycles. The van der Waals surface area contributed by atoms with Gasteiger partial charge in [0.1, 0.15) is 0 Å². The van der Waals surface area contributed by atoms with Crippen LogP contribution in [0.5, 0.6) is 0 Å². The first-order valence-corrected chi connectivity index (χ1v) is 6.89. The quantitative estimate of drug-likeness (QED) is 0.773. The Morgan fingerprint density at radius 1 is 0.950 bits per heavy atom. The lowest BCUT2D eigenvalue weighted by atomic mass is 10.00. The van der Waals surface area contributed by atoms with Gasteiger partial charge in [-0.2, -0.15) is 0 Å². The van der Waals surface area contributed by atoms with Crippen LogP contribution in [-0.2, 0) is 11.3 Å². The second-order valence-corrected chi connectivity index (χ2v) is 5.00. The molecule has 20 heavy (non-hydrogen) atoms. The molecule has 0 spiro atoms. The zero-order chi connectivity index (χ0) is 13.8. The molecule has 100 valence electrons.